The van der Waals surface area contributed by atoms with E-state index in [2.05, 4.69) is 10.1 Å². The molecule has 5 nitrogen and oxygen atoms in total. The first-order chi connectivity index (χ1) is 12.2. The molecular formula is C18H23F3NNaO4. The number of carbonyl (C=O) groups is 2. The SMILES string of the molecule is CO[C@@](Cc1ccccc1)([C@@H]1CCCN1)[C@@H](C)C(=O)OC(=O)C(F)(F)F.[NaH]. The monoisotopic (exact) mass is 397 g/mol. The molecule has 1 fully saturated rings. The van der Waals surface area contributed by atoms with E-state index in [-0.39, 0.29) is 35.6 Å². The number of rotatable bonds is 6. The number of ether oxygens (including phenoxy) is 2. The fourth-order valence-electron chi connectivity index (χ4n) is 3.42. The number of esters is 2. The van der Waals surface area contributed by atoms with Gasteiger partial charge in [-0.2, -0.15) is 13.2 Å². The van der Waals surface area contributed by atoms with Crippen LogP contribution in [0.25, 0.3) is 0 Å². The number of hydrogen-bond donors (Lipinski definition) is 1. The van der Waals surface area contributed by atoms with E-state index in [1.54, 1.807) is 0 Å². The quantitative estimate of drug-likeness (QED) is 0.452. The van der Waals surface area contributed by atoms with Gasteiger partial charge in [0.1, 0.15) is 5.60 Å². The predicted molar refractivity (Wildman–Crippen MR) is 94.4 cm³/mol. The van der Waals surface area contributed by atoms with E-state index in [0.717, 1.165) is 12.0 Å². The first kappa shape index (κ1) is 24.1. The van der Waals surface area contributed by atoms with Gasteiger partial charge in [-0.1, -0.05) is 30.3 Å². The summed E-state index contributed by atoms with van der Waals surface area (Å²) in [7, 11) is 1.41. The second-order valence-corrected chi connectivity index (χ2v) is 6.40. The third-order valence-electron chi connectivity index (χ3n) is 4.86. The van der Waals surface area contributed by atoms with Crippen molar-refractivity contribution in [3.63, 3.8) is 0 Å². The number of nitrogens with one attached hydrogen (secondary N) is 1. The van der Waals surface area contributed by atoms with Crippen LogP contribution in [0.4, 0.5) is 13.2 Å². The number of carbonyl (C=O) groups excluding carboxylic acids is 2. The van der Waals surface area contributed by atoms with E-state index >= 15 is 0 Å². The van der Waals surface area contributed by atoms with E-state index in [1.807, 2.05) is 30.3 Å². The molecule has 1 saturated heterocycles. The Bertz CT molecular complexity index is 635. The Morgan fingerprint density at radius 2 is 1.89 bits per heavy atom. The van der Waals surface area contributed by atoms with Crippen LogP contribution in [-0.4, -0.2) is 73.0 Å². The van der Waals surface area contributed by atoms with E-state index in [1.165, 1.54) is 14.0 Å². The summed E-state index contributed by atoms with van der Waals surface area (Å²) < 4.78 is 47.1. The first-order valence-corrected chi connectivity index (χ1v) is 8.36. The number of hydrogen-bond acceptors (Lipinski definition) is 5. The van der Waals surface area contributed by atoms with E-state index in [9.17, 15) is 22.8 Å². The second-order valence-electron chi connectivity index (χ2n) is 6.40. The Labute approximate surface area is 178 Å². The molecule has 0 radical (unpaired) electrons. The summed E-state index contributed by atoms with van der Waals surface area (Å²) in [5, 5.41) is 3.25. The molecular weight excluding hydrogens is 374 g/mol. The minimum absolute atomic E-state index is 0. The van der Waals surface area contributed by atoms with Crippen molar-refractivity contribution in [3.8, 4) is 0 Å². The van der Waals surface area contributed by atoms with E-state index in [0.29, 0.717) is 19.4 Å². The van der Waals surface area contributed by atoms with Crippen LogP contribution < -0.4 is 5.32 Å². The van der Waals surface area contributed by atoms with Crippen molar-refractivity contribution in [2.45, 2.75) is 44.0 Å². The Balaban J connectivity index is 0.00000364. The maximum atomic E-state index is 12.4. The van der Waals surface area contributed by atoms with Crippen molar-refractivity contribution in [2.75, 3.05) is 13.7 Å². The number of halogens is 3. The molecule has 3 atom stereocenters. The zero-order valence-corrected chi connectivity index (χ0v) is 14.6. The van der Waals surface area contributed by atoms with Crippen LogP contribution in [0.3, 0.4) is 0 Å². The summed E-state index contributed by atoms with van der Waals surface area (Å²) in [6.45, 7) is 2.15. The van der Waals surface area contributed by atoms with Crippen LogP contribution in [0.15, 0.2) is 30.3 Å². The fraction of sp³-hybridized carbons (Fsp3) is 0.556. The maximum absolute atomic E-state index is 12.4. The Morgan fingerprint density at radius 3 is 2.37 bits per heavy atom. The summed E-state index contributed by atoms with van der Waals surface area (Å²) in [6, 6.07) is 8.94. The summed E-state index contributed by atoms with van der Waals surface area (Å²) in [5.41, 5.74) is -0.272. The first-order valence-electron chi connectivity index (χ1n) is 8.36. The molecule has 0 amide bonds. The van der Waals surface area contributed by atoms with Gasteiger partial charge in [-0.25, -0.2) is 4.79 Å². The van der Waals surface area contributed by atoms with E-state index in [4.69, 9.17) is 4.74 Å². The zero-order chi connectivity index (χ0) is 19.4. The molecule has 27 heavy (non-hydrogen) atoms. The molecule has 146 valence electrons. The molecule has 1 aliphatic heterocycles. The summed E-state index contributed by atoms with van der Waals surface area (Å²) in [5.74, 6) is -4.85. The van der Waals surface area contributed by atoms with Crippen molar-refractivity contribution < 1.29 is 32.2 Å². The zero-order valence-electron chi connectivity index (χ0n) is 14.6. The van der Waals surface area contributed by atoms with Crippen molar-refractivity contribution in [1.29, 1.82) is 0 Å². The van der Waals surface area contributed by atoms with Crippen molar-refractivity contribution >= 4 is 41.5 Å². The van der Waals surface area contributed by atoms with Crippen LogP contribution in [0.5, 0.6) is 0 Å². The van der Waals surface area contributed by atoms with Crippen LogP contribution in [0.1, 0.15) is 25.3 Å². The van der Waals surface area contributed by atoms with Crippen LogP contribution in [-0.2, 0) is 25.5 Å². The van der Waals surface area contributed by atoms with Gasteiger partial charge in [-0.3, -0.25) is 4.79 Å². The average Bonchev–Trinajstić information content (AvgIpc) is 3.14. The van der Waals surface area contributed by atoms with Crippen LogP contribution >= 0.6 is 0 Å². The summed E-state index contributed by atoms with van der Waals surface area (Å²) in [4.78, 5) is 23.4. The van der Waals surface area contributed by atoms with Crippen LogP contribution in [0, 0.1) is 5.92 Å². The molecule has 0 bridgehead atoms. The van der Waals surface area contributed by atoms with E-state index < -0.39 is 29.6 Å². The van der Waals surface area contributed by atoms with Gasteiger partial charge in [0.15, 0.2) is 0 Å². The predicted octanol–water partition coefficient (Wildman–Crippen LogP) is 1.99. The van der Waals surface area contributed by atoms with Gasteiger partial charge in [-0.05, 0) is 31.9 Å². The molecule has 9 heteroatoms. The van der Waals surface area contributed by atoms with Gasteiger partial charge < -0.3 is 14.8 Å². The fourth-order valence-corrected chi connectivity index (χ4v) is 3.42. The summed E-state index contributed by atoms with van der Waals surface area (Å²) >= 11 is 0. The van der Waals surface area contributed by atoms with Gasteiger partial charge in [0.05, 0.1) is 5.92 Å². The number of alkyl halides is 3. The number of benzene rings is 1. The Hall–Kier alpha value is -0.930. The third-order valence-corrected chi connectivity index (χ3v) is 4.86. The van der Waals surface area contributed by atoms with Gasteiger partial charge in [0.25, 0.3) is 0 Å². The topological polar surface area (TPSA) is 64.6 Å². The molecule has 0 spiro atoms. The Morgan fingerprint density at radius 1 is 1.26 bits per heavy atom. The molecule has 1 aromatic rings. The molecule has 0 aromatic heterocycles. The van der Waals surface area contributed by atoms with Gasteiger partial charge in [-0.15, -0.1) is 0 Å². The summed E-state index contributed by atoms with van der Waals surface area (Å²) in [6.07, 6.45) is -3.38. The average molecular weight is 397 g/mol. The second kappa shape index (κ2) is 10.0. The van der Waals surface area contributed by atoms with Gasteiger partial charge >= 0.3 is 47.7 Å². The third kappa shape index (κ3) is 5.77. The number of methoxy groups -OCH3 is 1. The van der Waals surface area contributed by atoms with Crippen molar-refractivity contribution in [1.82, 2.24) is 5.32 Å². The molecule has 1 aliphatic rings. The Kier molecular flexibility index (Phi) is 8.95. The van der Waals surface area contributed by atoms with Crippen molar-refractivity contribution in [2.24, 2.45) is 5.92 Å². The molecule has 0 saturated carbocycles. The molecule has 2 rings (SSSR count). The molecule has 0 unspecified atom stereocenters. The molecule has 1 heterocycles. The van der Waals surface area contributed by atoms with Gasteiger partial charge in [0, 0.05) is 19.6 Å². The van der Waals surface area contributed by atoms with Crippen LogP contribution in [0.2, 0.25) is 0 Å². The standard InChI is InChI=1S/C18H22F3NO4.Na.H/c1-12(15(23)26-16(24)18(19,20)21)17(25-2,14-9-6-10-22-14)11-13-7-4-3-5-8-13;;/h3-5,7-8,12,14,22H,6,9-11H2,1-2H3;;/t12-,14-,17+;;/m0../s1. The van der Waals surface area contributed by atoms with Gasteiger partial charge in [0.2, 0.25) is 0 Å². The van der Waals surface area contributed by atoms with Crippen molar-refractivity contribution in [3.05, 3.63) is 35.9 Å². The molecule has 0 aliphatic carbocycles. The molecule has 1 aromatic carbocycles. The molecule has 1 N–H and O–H groups in total. The minimum atomic E-state index is -5.23. The normalized spacial score (nSPS) is 20.3.